The molecule has 0 spiro atoms. The number of carbonyl (C=O) groups is 1. The van der Waals surface area contributed by atoms with E-state index in [2.05, 4.69) is 35.0 Å². The maximum absolute atomic E-state index is 12.0. The van der Waals surface area contributed by atoms with Crippen molar-refractivity contribution in [2.45, 2.75) is 47.1 Å². The van der Waals surface area contributed by atoms with Crippen LogP contribution in [0.5, 0.6) is 5.75 Å². The molecule has 0 atom stereocenters. The van der Waals surface area contributed by atoms with Crippen molar-refractivity contribution >= 4 is 16.9 Å². The van der Waals surface area contributed by atoms with Gasteiger partial charge >= 0.3 is 0 Å². The van der Waals surface area contributed by atoms with Crippen LogP contribution in [0, 0.1) is 12.3 Å². The first-order valence-corrected chi connectivity index (χ1v) is 10.3. The summed E-state index contributed by atoms with van der Waals surface area (Å²) in [5.41, 5.74) is 2.98. The van der Waals surface area contributed by atoms with Gasteiger partial charge in [-0.2, -0.15) is 0 Å². The van der Waals surface area contributed by atoms with E-state index in [9.17, 15) is 4.79 Å². The Morgan fingerprint density at radius 3 is 2.55 bits per heavy atom. The molecule has 0 bridgehead atoms. The number of amides is 1. The van der Waals surface area contributed by atoms with Crippen molar-refractivity contribution in [1.82, 2.24) is 14.9 Å². The van der Waals surface area contributed by atoms with E-state index in [1.54, 1.807) is 0 Å². The number of nitrogens with zero attached hydrogens (tertiary/aromatic N) is 2. The molecule has 3 aromatic rings. The first-order chi connectivity index (χ1) is 13.8. The van der Waals surface area contributed by atoms with Gasteiger partial charge in [-0.25, -0.2) is 4.98 Å². The summed E-state index contributed by atoms with van der Waals surface area (Å²) in [6.07, 6.45) is 1.66. The summed E-state index contributed by atoms with van der Waals surface area (Å²) < 4.78 is 8.16. The molecule has 0 aliphatic carbocycles. The average Bonchev–Trinajstić information content (AvgIpc) is 3.03. The molecule has 0 saturated heterocycles. The lowest BCUT2D eigenvalue weighted by Crippen LogP contribution is -2.35. The number of imidazole rings is 1. The lowest BCUT2D eigenvalue weighted by molar-refractivity contribution is -0.128. The van der Waals surface area contributed by atoms with E-state index in [1.807, 2.05) is 51.1 Å². The van der Waals surface area contributed by atoms with Gasteiger partial charge in [0.15, 0.2) is 0 Å². The summed E-state index contributed by atoms with van der Waals surface area (Å²) in [6, 6.07) is 16.3. The molecule has 1 amide bonds. The predicted octanol–water partition coefficient (Wildman–Crippen LogP) is 4.52. The lowest BCUT2D eigenvalue weighted by Gasteiger charge is -2.17. The number of aryl methyl sites for hydroxylation is 2. The van der Waals surface area contributed by atoms with Crippen molar-refractivity contribution in [3.63, 3.8) is 0 Å². The summed E-state index contributed by atoms with van der Waals surface area (Å²) in [5, 5.41) is 3.01. The first-order valence-electron chi connectivity index (χ1n) is 10.3. The Kier molecular flexibility index (Phi) is 6.57. The van der Waals surface area contributed by atoms with E-state index < -0.39 is 0 Å². The standard InChI is InChI=1S/C24H31N3O2/c1-18-11-13-19(14-12-18)29-17-16-27-21-9-6-5-8-20(21)26-22(27)10-7-15-25-23(28)24(2,3)4/h5-6,8-9,11-14H,7,10,15-17H2,1-4H3,(H,25,28). The number of hydrogen-bond acceptors (Lipinski definition) is 3. The molecular weight excluding hydrogens is 362 g/mol. The van der Waals surface area contributed by atoms with Crippen molar-refractivity contribution in [3.8, 4) is 5.75 Å². The van der Waals surface area contributed by atoms with Crippen molar-refractivity contribution in [2.24, 2.45) is 5.41 Å². The number of carbonyl (C=O) groups excluding carboxylic acids is 1. The number of hydrogen-bond donors (Lipinski definition) is 1. The minimum atomic E-state index is -0.361. The van der Waals surface area contributed by atoms with Crippen LogP contribution in [0.3, 0.4) is 0 Å². The lowest BCUT2D eigenvalue weighted by atomic mass is 9.96. The summed E-state index contributed by atoms with van der Waals surface area (Å²) in [5.74, 6) is 1.99. The summed E-state index contributed by atoms with van der Waals surface area (Å²) >= 11 is 0. The molecule has 0 saturated carbocycles. The normalized spacial score (nSPS) is 11.6. The van der Waals surface area contributed by atoms with Crippen LogP contribution in [-0.4, -0.2) is 28.6 Å². The van der Waals surface area contributed by atoms with E-state index >= 15 is 0 Å². The van der Waals surface area contributed by atoms with E-state index in [4.69, 9.17) is 9.72 Å². The predicted molar refractivity (Wildman–Crippen MR) is 117 cm³/mol. The zero-order valence-corrected chi connectivity index (χ0v) is 17.9. The maximum Gasteiger partial charge on any atom is 0.225 e. The zero-order valence-electron chi connectivity index (χ0n) is 17.9. The van der Waals surface area contributed by atoms with E-state index in [1.165, 1.54) is 5.56 Å². The second-order valence-corrected chi connectivity index (χ2v) is 8.44. The smallest absolute Gasteiger partial charge is 0.225 e. The van der Waals surface area contributed by atoms with Gasteiger partial charge in [0.05, 0.1) is 17.6 Å². The number of aromatic nitrogens is 2. The zero-order chi connectivity index (χ0) is 20.9. The third-order valence-corrected chi connectivity index (χ3v) is 4.88. The molecule has 1 heterocycles. The van der Waals surface area contributed by atoms with Crippen LogP contribution >= 0.6 is 0 Å². The van der Waals surface area contributed by atoms with Crippen LogP contribution in [0.15, 0.2) is 48.5 Å². The van der Waals surface area contributed by atoms with Gasteiger partial charge in [0.1, 0.15) is 18.2 Å². The summed E-state index contributed by atoms with van der Waals surface area (Å²) in [7, 11) is 0. The van der Waals surface area contributed by atoms with Crippen molar-refractivity contribution < 1.29 is 9.53 Å². The summed E-state index contributed by atoms with van der Waals surface area (Å²) in [4.78, 5) is 16.8. The van der Waals surface area contributed by atoms with Crippen LogP contribution in [0.2, 0.25) is 0 Å². The molecule has 2 aromatic carbocycles. The van der Waals surface area contributed by atoms with E-state index in [-0.39, 0.29) is 11.3 Å². The molecule has 5 heteroatoms. The van der Waals surface area contributed by atoms with Gasteiger partial charge in [-0.15, -0.1) is 0 Å². The average molecular weight is 394 g/mol. The third-order valence-electron chi connectivity index (χ3n) is 4.88. The number of fused-ring (bicyclic) bond motifs is 1. The van der Waals surface area contributed by atoms with E-state index in [0.717, 1.165) is 42.0 Å². The molecule has 154 valence electrons. The van der Waals surface area contributed by atoms with Gasteiger partial charge in [-0.05, 0) is 37.6 Å². The molecule has 0 aliphatic heterocycles. The fourth-order valence-electron chi connectivity index (χ4n) is 3.17. The van der Waals surface area contributed by atoms with Crippen LogP contribution in [0.25, 0.3) is 11.0 Å². The Hall–Kier alpha value is -2.82. The number of nitrogens with one attached hydrogen (secondary N) is 1. The maximum atomic E-state index is 12.0. The number of benzene rings is 2. The Bertz CT molecular complexity index is 952. The summed E-state index contributed by atoms with van der Waals surface area (Å²) in [6.45, 7) is 9.81. The highest BCUT2D eigenvalue weighted by molar-refractivity contribution is 5.81. The van der Waals surface area contributed by atoms with Crippen LogP contribution in [-0.2, 0) is 17.8 Å². The molecule has 1 N–H and O–H groups in total. The number of para-hydroxylation sites is 2. The highest BCUT2D eigenvalue weighted by atomic mass is 16.5. The topological polar surface area (TPSA) is 56.1 Å². The largest absolute Gasteiger partial charge is 0.492 e. The van der Waals surface area contributed by atoms with Gasteiger partial charge < -0.3 is 14.6 Å². The molecule has 0 aliphatic rings. The molecule has 29 heavy (non-hydrogen) atoms. The Balaban J connectivity index is 1.62. The molecule has 0 unspecified atom stereocenters. The molecule has 3 rings (SSSR count). The second kappa shape index (κ2) is 9.12. The number of rotatable bonds is 8. The molecule has 0 radical (unpaired) electrons. The Labute approximate surface area is 173 Å². The molecule has 5 nitrogen and oxygen atoms in total. The fourth-order valence-corrected chi connectivity index (χ4v) is 3.17. The Morgan fingerprint density at radius 1 is 1.10 bits per heavy atom. The second-order valence-electron chi connectivity index (χ2n) is 8.44. The monoisotopic (exact) mass is 393 g/mol. The Morgan fingerprint density at radius 2 is 1.83 bits per heavy atom. The number of ether oxygens (including phenoxy) is 1. The molecule has 0 fully saturated rings. The van der Waals surface area contributed by atoms with Gasteiger partial charge in [-0.3, -0.25) is 4.79 Å². The van der Waals surface area contributed by atoms with Crippen molar-refractivity contribution in [1.29, 1.82) is 0 Å². The van der Waals surface area contributed by atoms with Crippen molar-refractivity contribution in [2.75, 3.05) is 13.2 Å². The van der Waals surface area contributed by atoms with Gasteiger partial charge in [0, 0.05) is 18.4 Å². The highest BCUT2D eigenvalue weighted by Gasteiger charge is 2.20. The minimum Gasteiger partial charge on any atom is -0.492 e. The van der Waals surface area contributed by atoms with Crippen LogP contribution in [0.1, 0.15) is 38.6 Å². The first kappa shape index (κ1) is 20.9. The van der Waals surface area contributed by atoms with Gasteiger partial charge in [0.25, 0.3) is 0 Å². The fraction of sp³-hybridized carbons (Fsp3) is 0.417. The van der Waals surface area contributed by atoms with Gasteiger partial charge in [-0.1, -0.05) is 50.6 Å². The third kappa shape index (κ3) is 5.59. The SMILES string of the molecule is Cc1ccc(OCCn2c(CCCNC(=O)C(C)(C)C)nc3ccccc32)cc1. The molecular formula is C24H31N3O2. The van der Waals surface area contributed by atoms with Crippen molar-refractivity contribution in [3.05, 3.63) is 59.9 Å². The molecule has 1 aromatic heterocycles. The highest BCUT2D eigenvalue weighted by Crippen LogP contribution is 2.18. The van der Waals surface area contributed by atoms with E-state index in [0.29, 0.717) is 13.2 Å². The quantitative estimate of drug-likeness (QED) is 0.573. The van der Waals surface area contributed by atoms with Crippen LogP contribution in [0.4, 0.5) is 0 Å². The van der Waals surface area contributed by atoms with Crippen LogP contribution < -0.4 is 10.1 Å². The van der Waals surface area contributed by atoms with Gasteiger partial charge in [0.2, 0.25) is 5.91 Å². The minimum absolute atomic E-state index is 0.0810.